The Morgan fingerprint density at radius 3 is 2.54 bits per heavy atom. The van der Waals surface area contributed by atoms with Gasteiger partial charge in [-0.25, -0.2) is 0 Å². The lowest BCUT2D eigenvalue weighted by atomic mass is 10.1. The second-order valence-corrected chi connectivity index (χ2v) is 7.27. The average Bonchev–Trinajstić information content (AvgIpc) is 3.21. The molecule has 132 valence electrons. The molecule has 3 aromatic rings. The summed E-state index contributed by atoms with van der Waals surface area (Å²) >= 11 is 1.55. The zero-order chi connectivity index (χ0) is 18.4. The van der Waals surface area contributed by atoms with Crippen molar-refractivity contribution in [1.29, 1.82) is 0 Å². The molecular formula is C18H15N3O4S. The molecule has 1 unspecified atom stereocenters. The zero-order valence-corrected chi connectivity index (χ0v) is 14.8. The lowest BCUT2D eigenvalue weighted by molar-refractivity contribution is -0.384. The maximum atomic E-state index is 12.4. The van der Waals surface area contributed by atoms with Gasteiger partial charge in [0.15, 0.2) is 6.17 Å². The van der Waals surface area contributed by atoms with Crippen molar-refractivity contribution in [3.63, 3.8) is 0 Å². The summed E-state index contributed by atoms with van der Waals surface area (Å²) in [6.45, 7) is 3.92. The highest BCUT2D eigenvalue weighted by Gasteiger charge is 2.30. The van der Waals surface area contributed by atoms with Crippen molar-refractivity contribution in [2.45, 2.75) is 20.0 Å². The molecule has 1 atom stereocenters. The van der Waals surface area contributed by atoms with Crippen LogP contribution in [0, 0.1) is 24.0 Å². The fourth-order valence-electron chi connectivity index (χ4n) is 2.93. The minimum Gasteiger partial charge on any atom is -0.457 e. The van der Waals surface area contributed by atoms with Crippen molar-refractivity contribution in [2.75, 3.05) is 5.32 Å². The minimum atomic E-state index is -0.459. The summed E-state index contributed by atoms with van der Waals surface area (Å²) < 4.78 is 5.87. The first-order valence-electron chi connectivity index (χ1n) is 7.96. The quantitative estimate of drug-likeness (QED) is 0.527. The molecule has 8 heteroatoms. The Hall–Kier alpha value is -3.13. The zero-order valence-electron chi connectivity index (χ0n) is 14.0. The number of carbonyl (C=O) groups is 1. The van der Waals surface area contributed by atoms with Crippen molar-refractivity contribution < 1.29 is 14.1 Å². The van der Waals surface area contributed by atoms with E-state index in [1.165, 1.54) is 12.1 Å². The van der Waals surface area contributed by atoms with Gasteiger partial charge in [0.1, 0.15) is 16.5 Å². The number of nitro groups is 1. The molecule has 1 aliphatic rings. The van der Waals surface area contributed by atoms with E-state index >= 15 is 0 Å². The minimum absolute atomic E-state index is 0.0257. The summed E-state index contributed by atoms with van der Waals surface area (Å²) in [5, 5.41) is 17.8. The van der Waals surface area contributed by atoms with Crippen LogP contribution in [-0.2, 0) is 0 Å². The van der Waals surface area contributed by atoms with E-state index in [1.54, 1.807) is 35.6 Å². The van der Waals surface area contributed by atoms with Gasteiger partial charge in [-0.2, -0.15) is 0 Å². The van der Waals surface area contributed by atoms with Crippen molar-refractivity contribution >= 4 is 27.9 Å². The number of amides is 1. The number of nitro benzene ring substituents is 1. The second kappa shape index (κ2) is 5.99. The highest BCUT2D eigenvalue weighted by molar-refractivity contribution is 7.16. The standard InChI is InChI=1S/C18H15N3O4S/c1-9-10(2)26-18-15(9)17(22)19-16(20-18)14-8-7-13(25-14)11-3-5-12(6-4-11)21(23)24/h3-8,16,20H,1-2H3,(H,19,22). The van der Waals surface area contributed by atoms with Gasteiger partial charge in [0.05, 0.1) is 10.5 Å². The van der Waals surface area contributed by atoms with Gasteiger partial charge < -0.3 is 15.1 Å². The number of carbonyl (C=O) groups excluding carboxylic acids is 1. The first-order valence-corrected chi connectivity index (χ1v) is 8.77. The molecule has 0 spiro atoms. The molecule has 26 heavy (non-hydrogen) atoms. The Kier molecular flexibility index (Phi) is 3.77. The number of hydrogen-bond acceptors (Lipinski definition) is 6. The van der Waals surface area contributed by atoms with E-state index in [4.69, 9.17) is 4.42 Å². The molecule has 2 aromatic heterocycles. The SMILES string of the molecule is Cc1sc2c(c1C)C(=O)NC(c1ccc(-c3ccc([N+](=O)[O-])cc3)o1)N2. The van der Waals surface area contributed by atoms with Crippen LogP contribution in [0.2, 0.25) is 0 Å². The first-order chi connectivity index (χ1) is 12.4. The largest absolute Gasteiger partial charge is 0.457 e. The molecule has 7 nitrogen and oxygen atoms in total. The second-order valence-electron chi connectivity index (χ2n) is 6.04. The van der Waals surface area contributed by atoms with Crippen LogP contribution in [0.15, 0.2) is 40.8 Å². The Morgan fingerprint density at radius 1 is 1.12 bits per heavy atom. The molecule has 0 bridgehead atoms. The van der Waals surface area contributed by atoms with Gasteiger partial charge in [-0.3, -0.25) is 14.9 Å². The maximum Gasteiger partial charge on any atom is 0.269 e. The number of furan rings is 1. The average molecular weight is 369 g/mol. The fourth-order valence-corrected chi connectivity index (χ4v) is 4.01. The number of nitrogens with zero attached hydrogens (tertiary/aromatic N) is 1. The van der Waals surface area contributed by atoms with E-state index in [1.807, 2.05) is 13.8 Å². The maximum absolute atomic E-state index is 12.4. The van der Waals surface area contributed by atoms with Crippen LogP contribution in [-0.4, -0.2) is 10.8 Å². The lowest BCUT2D eigenvalue weighted by Gasteiger charge is -2.24. The number of aryl methyl sites for hydroxylation is 1. The molecule has 1 aromatic carbocycles. The molecule has 4 rings (SSSR count). The summed E-state index contributed by atoms with van der Waals surface area (Å²) in [4.78, 5) is 23.8. The normalized spacial score (nSPS) is 15.9. The topological polar surface area (TPSA) is 97.4 Å². The van der Waals surface area contributed by atoms with Crippen LogP contribution >= 0.6 is 11.3 Å². The van der Waals surface area contributed by atoms with Gasteiger partial charge in [0.2, 0.25) is 0 Å². The van der Waals surface area contributed by atoms with Crippen LogP contribution < -0.4 is 10.6 Å². The van der Waals surface area contributed by atoms with Gasteiger partial charge in [-0.1, -0.05) is 0 Å². The van der Waals surface area contributed by atoms with Gasteiger partial charge in [0.25, 0.3) is 11.6 Å². The Morgan fingerprint density at radius 2 is 1.85 bits per heavy atom. The number of anilines is 1. The highest BCUT2D eigenvalue weighted by atomic mass is 32.1. The molecular weight excluding hydrogens is 354 g/mol. The fraction of sp³-hybridized carbons (Fsp3) is 0.167. The summed E-state index contributed by atoms with van der Waals surface area (Å²) in [5.41, 5.74) is 2.43. The van der Waals surface area contributed by atoms with Crippen LogP contribution in [0.4, 0.5) is 10.7 Å². The summed E-state index contributed by atoms with van der Waals surface area (Å²) in [6, 6.07) is 9.70. The molecule has 0 fully saturated rings. The number of hydrogen-bond donors (Lipinski definition) is 2. The monoisotopic (exact) mass is 369 g/mol. The van der Waals surface area contributed by atoms with Crippen LogP contribution in [0.1, 0.15) is 32.7 Å². The number of non-ortho nitro benzene ring substituents is 1. The third kappa shape index (κ3) is 2.64. The molecule has 0 aliphatic carbocycles. The molecule has 1 aliphatic heterocycles. The Balaban J connectivity index is 1.60. The number of rotatable bonds is 3. The third-order valence-corrected chi connectivity index (χ3v) is 5.58. The van der Waals surface area contributed by atoms with Crippen molar-refractivity contribution in [1.82, 2.24) is 5.32 Å². The van der Waals surface area contributed by atoms with Crippen LogP contribution in [0.25, 0.3) is 11.3 Å². The molecule has 3 heterocycles. The van der Waals surface area contributed by atoms with E-state index < -0.39 is 11.1 Å². The number of thiophene rings is 1. The van der Waals surface area contributed by atoms with Gasteiger partial charge in [-0.15, -0.1) is 11.3 Å². The Bertz CT molecular complexity index is 1020. The smallest absolute Gasteiger partial charge is 0.269 e. The summed E-state index contributed by atoms with van der Waals surface area (Å²) in [7, 11) is 0. The van der Waals surface area contributed by atoms with E-state index in [-0.39, 0.29) is 11.6 Å². The van der Waals surface area contributed by atoms with Gasteiger partial charge in [0, 0.05) is 22.6 Å². The summed E-state index contributed by atoms with van der Waals surface area (Å²) in [5.74, 6) is 1.02. The van der Waals surface area contributed by atoms with Crippen molar-refractivity contribution in [2.24, 2.45) is 0 Å². The van der Waals surface area contributed by atoms with Gasteiger partial charge in [-0.05, 0) is 43.7 Å². The first kappa shape index (κ1) is 16.3. The number of benzene rings is 1. The van der Waals surface area contributed by atoms with Crippen LogP contribution in [0.3, 0.4) is 0 Å². The highest BCUT2D eigenvalue weighted by Crippen LogP contribution is 2.38. The Labute approximate surface area is 152 Å². The summed E-state index contributed by atoms with van der Waals surface area (Å²) in [6.07, 6.45) is -0.459. The van der Waals surface area contributed by atoms with E-state index in [2.05, 4.69) is 10.6 Å². The van der Waals surface area contributed by atoms with Gasteiger partial charge >= 0.3 is 0 Å². The predicted molar refractivity (Wildman–Crippen MR) is 98.4 cm³/mol. The van der Waals surface area contributed by atoms with E-state index in [0.29, 0.717) is 17.1 Å². The molecule has 1 amide bonds. The third-order valence-electron chi connectivity index (χ3n) is 4.44. The molecule has 0 saturated carbocycles. The van der Waals surface area contributed by atoms with E-state index in [0.717, 1.165) is 21.0 Å². The molecule has 0 saturated heterocycles. The number of nitrogens with one attached hydrogen (secondary N) is 2. The van der Waals surface area contributed by atoms with Crippen molar-refractivity contribution in [3.8, 4) is 11.3 Å². The van der Waals surface area contributed by atoms with Crippen LogP contribution in [0.5, 0.6) is 0 Å². The molecule has 0 radical (unpaired) electrons. The predicted octanol–water partition coefficient (Wildman–Crippen LogP) is 4.39. The molecule has 2 N–H and O–H groups in total. The lowest BCUT2D eigenvalue weighted by Crippen LogP contribution is -2.37. The van der Waals surface area contributed by atoms with Crippen molar-refractivity contribution in [3.05, 3.63) is 68.3 Å². The number of fused-ring (bicyclic) bond motifs is 1. The van der Waals surface area contributed by atoms with E-state index in [9.17, 15) is 14.9 Å².